The van der Waals surface area contributed by atoms with Crippen LogP contribution in [0.3, 0.4) is 0 Å². The average molecular weight is 500 g/mol. The number of benzene rings is 3. The molecule has 0 saturated carbocycles. The van der Waals surface area contributed by atoms with Gasteiger partial charge in [0.15, 0.2) is 0 Å². The number of rotatable bonds is 10. The Labute approximate surface area is 222 Å². The van der Waals surface area contributed by atoms with Gasteiger partial charge in [0.2, 0.25) is 0 Å². The number of aliphatic hydroxyl groups excluding tert-OH is 1. The van der Waals surface area contributed by atoms with E-state index in [1.165, 1.54) is 0 Å². The molecule has 4 nitrogen and oxygen atoms in total. The predicted molar refractivity (Wildman–Crippen MR) is 149 cm³/mol. The molecule has 37 heavy (non-hydrogen) atoms. The summed E-state index contributed by atoms with van der Waals surface area (Å²) in [5, 5.41) is 22.8. The van der Waals surface area contributed by atoms with Crippen molar-refractivity contribution in [1.29, 1.82) is 0 Å². The number of hydrogen-bond acceptors (Lipinski definition) is 4. The molecular formula is C33H41NO3. The minimum atomic E-state index is -0.992. The van der Waals surface area contributed by atoms with Gasteiger partial charge in [0.05, 0.1) is 6.10 Å². The van der Waals surface area contributed by atoms with Crippen molar-refractivity contribution in [1.82, 2.24) is 4.90 Å². The molecule has 0 aliphatic carbocycles. The third-order valence-corrected chi connectivity index (χ3v) is 8.46. The number of piperidine rings is 1. The first-order chi connectivity index (χ1) is 17.7. The van der Waals surface area contributed by atoms with E-state index in [1.54, 1.807) is 6.92 Å². The van der Waals surface area contributed by atoms with Gasteiger partial charge in [0.1, 0.15) is 11.4 Å². The summed E-state index contributed by atoms with van der Waals surface area (Å²) in [6.07, 6.45) is 2.96. The fourth-order valence-corrected chi connectivity index (χ4v) is 5.60. The lowest BCUT2D eigenvalue weighted by Crippen LogP contribution is -2.44. The third-order valence-electron chi connectivity index (χ3n) is 8.46. The molecule has 4 rings (SSSR count). The zero-order valence-electron chi connectivity index (χ0n) is 22.4. The maximum atomic E-state index is 12.1. The minimum absolute atomic E-state index is 0.135. The van der Waals surface area contributed by atoms with Gasteiger partial charge in [-0.05, 0) is 94.3 Å². The summed E-state index contributed by atoms with van der Waals surface area (Å²) in [7, 11) is 0. The summed E-state index contributed by atoms with van der Waals surface area (Å²) in [5.41, 5.74) is 2.29. The molecule has 3 aromatic rings. The van der Waals surface area contributed by atoms with E-state index in [-0.39, 0.29) is 11.7 Å². The second-order valence-corrected chi connectivity index (χ2v) is 11.1. The molecule has 4 heteroatoms. The second kappa shape index (κ2) is 11.7. The summed E-state index contributed by atoms with van der Waals surface area (Å²) in [6.45, 7) is 8.31. The number of carbonyl (C=O) groups is 1. The molecule has 0 amide bonds. The fourth-order valence-electron chi connectivity index (χ4n) is 5.60. The average Bonchev–Trinajstić information content (AvgIpc) is 2.94. The monoisotopic (exact) mass is 499 g/mol. The molecule has 0 spiro atoms. The highest BCUT2D eigenvalue weighted by molar-refractivity contribution is 5.87. The van der Waals surface area contributed by atoms with E-state index in [0.717, 1.165) is 61.2 Å². The lowest BCUT2D eigenvalue weighted by Gasteiger charge is -2.42. The number of aliphatic hydroxyl groups is 2. The van der Waals surface area contributed by atoms with Crippen molar-refractivity contribution in [3.8, 4) is 0 Å². The van der Waals surface area contributed by atoms with Crippen LogP contribution in [0, 0.1) is 5.92 Å². The molecule has 1 atom stereocenters. The molecule has 1 aliphatic heterocycles. The summed E-state index contributed by atoms with van der Waals surface area (Å²) in [6, 6.07) is 28.0. The van der Waals surface area contributed by atoms with Crippen molar-refractivity contribution >= 4 is 5.78 Å². The van der Waals surface area contributed by atoms with Gasteiger partial charge in [0, 0.05) is 5.41 Å². The number of Topliss-reactive ketones (excluding diaryl/α,β-unsaturated/α-hetero) is 1. The highest BCUT2D eigenvalue weighted by Crippen LogP contribution is 2.42. The standard InChI is InChI=1S/C33H41NO3/c1-25(35)32(2,3)27-18-16-26(17-19-27)31(36)15-10-22-34-23-20-30(21-24-34)33(37,28-11-6-4-7-12-28)29-13-8-5-9-14-29/h4-9,11-14,16-19,30-31,36-37H,10,15,20-24H2,1-3H3. The van der Waals surface area contributed by atoms with E-state index in [0.29, 0.717) is 6.42 Å². The zero-order chi connectivity index (χ0) is 26.5. The summed E-state index contributed by atoms with van der Waals surface area (Å²) in [5.74, 6) is 0.285. The SMILES string of the molecule is CC(=O)C(C)(C)c1ccc(C(O)CCCN2CCC(C(O)(c3ccccc3)c3ccccc3)CC2)cc1. The van der Waals surface area contributed by atoms with Crippen LogP contribution in [0.1, 0.15) is 74.8 Å². The van der Waals surface area contributed by atoms with E-state index in [1.807, 2.05) is 98.8 Å². The van der Waals surface area contributed by atoms with Crippen molar-refractivity contribution in [3.63, 3.8) is 0 Å². The lowest BCUT2D eigenvalue weighted by atomic mass is 9.72. The van der Waals surface area contributed by atoms with Crippen LogP contribution in [0.2, 0.25) is 0 Å². The largest absolute Gasteiger partial charge is 0.388 e. The molecular weight excluding hydrogens is 458 g/mol. The van der Waals surface area contributed by atoms with E-state index < -0.39 is 17.1 Å². The van der Waals surface area contributed by atoms with Crippen LogP contribution < -0.4 is 0 Å². The van der Waals surface area contributed by atoms with Crippen molar-refractivity contribution in [2.24, 2.45) is 5.92 Å². The molecule has 3 aromatic carbocycles. The Morgan fingerprint density at radius 3 is 1.86 bits per heavy atom. The number of hydrogen-bond donors (Lipinski definition) is 2. The molecule has 0 radical (unpaired) electrons. The maximum absolute atomic E-state index is 12.1. The Morgan fingerprint density at radius 1 is 0.865 bits per heavy atom. The Morgan fingerprint density at radius 2 is 1.38 bits per heavy atom. The Balaban J connectivity index is 1.31. The van der Waals surface area contributed by atoms with Crippen LogP contribution in [0.4, 0.5) is 0 Å². The quantitative estimate of drug-likeness (QED) is 0.358. The van der Waals surface area contributed by atoms with Gasteiger partial charge in [-0.25, -0.2) is 0 Å². The topological polar surface area (TPSA) is 60.8 Å². The highest BCUT2D eigenvalue weighted by Gasteiger charge is 2.41. The summed E-state index contributed by atoms with van der Waals surface area (Å²) >= 11 is 0. The molecule has 1 unspecified atom stereocenters. The normalized spacial score (nSPS) is 16.5. The lowest BCUT2D eigenvalue weighted by molar-refractivity contribution is -0.121. The van der Waals surface area contributed by atoms with Crippen molar-refractivity contribution in [3.05, 3.63) is 107 Å². The molecule has 1 aliphatic rings. The van der Waals surface area contributed by atoms with Crippen molar-refractivity contribution in [2.75, 3.05) is 19.6 Å². The van der Waals surface area contributed by atoms with E-state index in [9.17, 15) is 15.0 Å². The van der Waals surface area contributed by atoms with Crippen molar-refractivity contribution in [2.45, 2.75) is 63.6 Å². The first-order valence-corrected chi connectivity index (χ1v) is 13.6. The van der Waals surface area contributed by atoms with Gasteiger partial charge < -0.3 is 15.1 Å². The van der Waals surface area contributed by atoms with Gasteiger partial charge in [0.25, 0.3) is 0 Å². The minimum Gasteiger partial charge on any atom is -0.388 e. The van der Waals surface area contributed by atoms with Crippen molar-refractivity contribution < 1.29 is 15.0 Å². The van der Waals surface area contributed by atoms with E-state index in [2.05, 4.69) is 4.90 Å². The molecule has 2 N–H and O–H groups in total. The number of likely N-dealkylation sites (tertiary alicyclic amines) is 1. The van der Waals surface area contributed by atoms with Gasteiger partial charge in [-0.2, -0.15) is 0 Å². The second-order valence-electron chi connectivity index (χ2n) is 11.1. The highest BCUT2D eigenvalue weighted by atomic mass is 16.3. The van der Waals surface area contributed by atoms with E-state index in [4.69, 9.17) is 0 Å². The fraction of sp³-hybridized carbons (Fsp3) is 0.424. The Bertz CT molecular complexity index is 1090. The molecule has 1 fully saturated rings. The van der Waals surface area contributed by atoms with Crippen LogP contribution in [0.25, 0.3) is 0 Å². The Hall–Kier alpha value is -2.79. The predicted octanol–water partition coefficient (Wildman–Crippen LogP) is 6.01. The smallest absolute Gasteiger partial charge is 0.139 e. The zero-order valence-corrected chi connectivity index (χ0v) is 22.4. The first kappa shape index (κ1) is 27.3. The Kier molecular flexibility index (Phi) is 8.63. The molecule has 0 bridgehead atoms. The number of ketones is 1. The number of carbonyl (C=O) groups excluding carboxylic acids is 1. The molecule has 0 aromatic heterocycles. The van der Waals surface area contributed by atoms with Gasteiger partial charge in [-0.3, -0.25) is 4.79 Å². The van der Waals surface area contributed by atoms with Gasteiger partial charge >= 0.3 is 0 Å². The molecule has 196 valence electrons. The first-order valence-electron chi connectivity index (χ1n) is 13.6. The maximum Gasteiger partial charge on any atom is 0.139 e. The van der Waals surface area contributed by atoms with Crippen LogP contribution in [-0.2, 0) is 15.8 Å². The summed E-state index contributed by atoms with van der Waals surface area (Å²) in [4.78, 5) is 14.4. The molecule has 1 heterocycles. The third kappa shape index (κ3) is 6.04. The van der Waals surface area contributed by atoms with Gasteiger partial charge in [-0.15, -0.1) is 0 Å². The van der Waals surface area contributed by atoms with Crippen LogP contribution >= 0.6 is 0 Å². The van der Waals surface area contributed by atoms with Crippen LogP contribution in [0.5, 0.6) is 0 Å². The van der Waals surface area contributed by atoms with Crippen LogP contribution in [0.15, 0.2) is 84.9 Å². The molecule has 1 saturated heterocycles. The summed E-state index contributed by atoms with van der Waals surface area (Å²) < 4.78 is 0. The van der Waals surface area contributed by atoms with Gasteiger partial charge in [-0.1, -0.05) is 84.9 Å². The van der Waals surface area contributed by atoms with E-state index >= 15 is 0 Å². The number of nitrogens with zero attached hydrogens (tertiary/aromatic N) is 1. The van der Waals surface area contributed by atoms with Crippen LogP contribution in [-0.4, -0.2) is 40.5 Å².